The van der Waals surface area contributed by atoms with E-state index in [4.69, 9.17) is 8.83 Å². The van der Waals surface area contributed by atoms with Gasteiger partial charge in [0.2, 0.25) is 5.91 Å². The molecular formula is C20H26N2O3. The second kappa shape index (κ2) is 7.08. The molecule has 4 heterocycles. The number of hydrogen-bond acceptors (Lipinski definition) is 4. The summed E-state index contributed by atoms with van der Waals surface area (Å²) in [5.74, 6) is 3.81. The van der Waals surface area contributed by atoms with Crippen LogP contribution in [-0.2, 0) is 17.8 Å². The summed E-state index contributed by atoms with van der Waals surface area (Å²) in [5, 5.41) is 0. The number of piperidine rings is 2. The van der Waals surface area contributed by atoms with Crippen LogP contribution in [0.2, 0.25) is 0 Å². The Labute approximate surface area is 148 Å². The number of hydrogen-bond donors (Lipinski definition) is 0. The maximum Gasteiger partial charge on any atom is 0.222 e. The van der Waals surface area contributed by atoms with Crippen LogP contribution in [0.1, 0.15) is 36.5 Å². The van der Waals surface area contributed by atoms with Gasteiger partial charge in [-0.25, -0.2) is 0 Å². The predicted octanol–water partition coefficient (Wildman–Crippen LogP) is 3.24. The van der Waals surface area contributed by atoms with Crippen molar-refractivity contribution in [2.24, 2.45) is 5.92 Å². The van der Waals surface area contributed by atoms with Crippen molar-refractivity contribution in [3.63, 3.8) is 0 Å². The molecule has 0 N–H and O–H groups in total. The molecule has 2 saturated heterocycles. The summed E-state index contributed by atoms with van der Waals surface area (Å²) >= 11 is 0. The van der Waals surface area contributed by atoms with Gasteiger partial charge in [-0.1, -0.05) is 0 Å². The number of nitrogens with zero attached hydrogens (tertiary/aromatic N) is 2. The highest BCUT2D eigenvalue weighted by Gasteiger charge is 2.39. The summed E-state index contributed by atoms with van der Waals surface area (Å²) in [6.07, 6.45) is 5.27. The SMILES string of the molecule is Cc1ccc(CCN2C(=O)CC[C@H]3CN(Cc4ccco4)CC[C@H]32)o1. The largest absolute Gasteiger partial charge is 0.468 e. The van der Waals surface area contributed by atoms with E-state index in [0.717, 1.165) is 62.7 Å². The van der Waals surface area contributed by atoms with Gasteiger partial charge in [-0.2, -0.15) is 0 Å². The molecule has 2 fully saturated rings. The van der Waals surface area contributed by atoms with Crippen molar-refractivity contribution in [2.75, 3.05) is 19.6 Å². The van der Waals surface area contributed by atoms with Crippen molar-refractivity contribution in [3.05, 3.63) is 47.8 Å². The Hall–Kier alpha value is -2.01. The molecule has 134 valence electrons. The third-order valence-corrected chi connectivity index (χ3v) is 5.58. The highest BCUT2D eigenvalue weighted by Crippen LogP contribution is 2.32. The maximum atomic E-state index is 12.5. The van der Waals surface area contributed by atoms with Crippen LogP contribution in [0.4, 0.5) is 0 Å². The van der Waals surface area contributed by atoms with E-state index in [0.29, 0.717) is 24.3 Å². The minimum atomic E-state index is 0.309. The van der Waals surface area contributed by atoms with Crippen molar-refractivity contribution >= 4 is 5.91 Å². The van der Waals surface area contributed by atoms with Gasteiger partial charge in [0, 0.05) is 38.5 Å². The van der Waals surface area contributed by atoms with Gasteiger partial charge in [0.15, 0.2) is 0 Å². The molecule has 25 heavy (non-hydrogen) atoms. The minimum absolute atomic E-state index is 0.309. The fourth-order valence-electron chi connectivity index (χ4n) is 4.33. The van der Waals surface area contributed by atoms with E-state index in [1.807, 2.05) is 31.2 Å². The average Bonchev–Trinajstić information content (AvgIpc) is 3.26. The van der Waals surface area contributed by atoms with Gasteiger partial charge < -0.3 is 13.7 Å². The van der Waals surface area contributed by atoms with Gasteiger partial charge in [-0.05, 0) is 49.9 Å². The van der Waals surface area contributed by atoms with Crippen LogP contribution in [0.5, 0.6) is 0 Å². The second-order valence-corrected chi connectivity index (χ2v) is 7.32. The number of carbonyl (C=O) groups excluding carboxylic acids is 1. The van der Waals surface area contributed by atoms with Crippen LogP contribution < -0.4 is 0 Å². The van der Waals surface area contributed by atoms with Gasteiger partial charge >= 0.3 is 0 Å². The number of amides is 1. The summed E-state index contributed by atoms with van der Waals surface area (Å²) in [6, 6.07) is 8.37. The molecular weight excluding hydrogens is 316 g/mol. The number of carbonyl (C=O) groups is 1. The van der Waals surface area contributed by atoms with Crippen LogP contribution in [-0.4, -0.2) is 41.4 Å². The van der Waals surface area contributed by atoms with Gasteiger partial charge in [-0.15, -0.1) is 0 Å². The number of fused-ring (bicyclic) bond motifs is 1. The molecule has 0 spiro atoms. The number of furan rings is 2. The molecule has 2 atom stereocenters. The highest BCUT2D eigenvalue weighted by molar-refractivity contribution is 5.77. The lowest BCUT2D eigenvalue weighted by Crippen LogP contribution is -2.56. The van der Waals surface area contributed by atoms with Gasteiger partial charge in [-0.3, -0.25) is 9.69 Å². The molecule has 0 aromatic carbocycles. The average molecular weight is 342 g/mol. The van der Waals surface area contributed by atoms with Crippen LogP contribution in [0.25, 0.3) is 0 Å². The standard InChI is InChI=1S/C20H26N2O3/c1-15-4-6-17(25-15)8-11-22-19-9-10-21(14-18-3-2-12-24-18)13-16(19)5-7-20(22)23/h2-4,6,12,16,19H,5,7-11,13-14H2,1H3/t16-,19+/m0/s1. The molecule has 0 aliphatic carbocycles. The molecule has 0 radical (unpaired) electrons. The van der Waals surface area contributed by atoms with Gasteiger partial charge in [0.25, 0.3) is 0 Å². The fraction of sp³-hybridized carbons (Fsp3) is 0.550. The Kier molecular flexibility index (Phi) is 4.66. The van der Waals surface area contributed by atoms with E-state index < -0.39 is 0 Å². The minimum Gasteiger partial charge on any atom is -0.468 e. The summed E-state index contributed by atoms with van der Waals surface area (Å²) in [4.78, 5) is 17.1. The van der Waals surface area contributed by atoms with E-state index in [1.54, 1.807) is 6.26 Å². The lowest BCUT2D eigenvalue weighted by molar-refractivity contribution is -0.141. The summed E-state index contributed by atoms with van der Waals surface area (Å²) in [6.45, 7) is 5.67. The van der Waals surface area contributed by atoms with Crippen LogP contribution in [0.15, 0.2) is 39.4 Å². The third-order valence-electron chi connectivity index (χ3n) is 5.58. The first-order valence-corrected chi connectivity index (χ1v) is 9.28. The van der Waals surface area contributed by atoms with E-state index in [-0.39, 0.29) is 0 Å². The molecule has 2 aromatic rings. The van der Waals surface area contributed by atoms with Crippen molar-refractivity contribution in [3.8, 4) is 0 Å². The molecule has 0 unspecified atom stereocenters. The van der Waals surface area contributed by atoms with Crippen molar-refractivity contribution in [1.29, 1.82) is 0 Å². The Morgan fingerprint density at radius 2 is 2.12 bits per heavy atom. The van der Waals surface area contributed by atoms with Crippen LogP contribution in [0, 0.1) is 12.8 Å². The number of aryl methyl sites for hydroxylation is 1. The van der Waals surface area contributed by atoms with E-state index in [9.17, 15) is 4.79 Å². The van der Waals surface area contributed by atoms with E-state index in [2.05, 4.69) is 9.80 Å². The molecule has 5 heteroatoms. The predicted molar refractivity (Wildman–Crippen MR) is 94.0 cm³/mol. The molecule has 2 aliphatic rings. The third kappa shape index (κ3) is 3.66. The molecule has 1 amide bonds. The quantitative estimate of drug-likeness (QED) is 0.837. The molecule has 4 rings (SSSR count). The van der Waals surface area contributed by atoms with Crippen molar-refractivity contribution in [2.45, 2.75) is 45.2 Å². The first-order valence-electron chi connectivity index (χ1n) is 9.28. The van der Waals surface area contributed by atoms with Crippen molar-refractivity contribution in [1.82, 2.24) is 9.80 Å². The monoisotopic (exact) mass is 342 g/mol. The first kappa shape index (κ1) is 16.5. The fourth-order valence-corrected chi connectivity index (χ4v) is 4.33. The lowest BCUT2D eigenvalue weighted by atomic mass is 9.83. The maximum absolute atomic E-state index is 12.5. The number of rotatable bonds is 5. The van der Waals surface area contributed by atoms with Gasteiger partial charge in [0.05, 0.1) is 12.8 Å². The second-order valence-electron chi connectivity index (χ2n) is 7.32. The molecule has 2 aromatic heterocycles. The Balaban J connectivity index is 1.37. The zero-order chi connectivity index (χ0) is 17.2. The molecule has 2 aliphatic heterocycles. The lowest BCUT2D eigenvalue weighted by Gasteiger charge is -2.47. The Morgan fingerprint density at radius 3 is 2.88 bits per heavy atom. The molecule has 0 bridgehead atoms. The summed E-state index contributed by atoms with van der Waals surface area (Å²) in [7, 11) is 0. The van der Waals surface area contributed by atoms with Crippen LogP contribution in [0.3, 0.4) is 0 Å². The highest BCUT2D eigenvalue weighted by atomic mass is 16.3. The summed E-state index contributed by atoms with van der Waals surface area (Å²) < 4.78 is 11.1. The zero-order valence-corrected chi connectivity index (χ0v) is 14.8. The first-order chi connectivity index (χ1) is 12.2. The van der Waals surface area contributed by atoms with Crippen molar-refractivity contribution < 1.29 is 13.6 Å². The zero-order valence-electron chi connectivity index (χ0n) is 14.8. The van der Waals surface area contributed by atoms with Crippen LogP contribution >= 0.6 is 0 Å². The summed E-state index contributed by atoms with van der Waals surface area (Å²) in [5.41, 5.74) is 0. The van der Waals surface area contributed by atoms with E-state index >= 15 is 0 Å². The van der Waals surface area contributed by atoms with E-state index in [1.165, 1.54) is 0 Å². The molecule has 5 nitrogen and oxygen atoms in total. The normalized spacial score (nSPS) is 24.5. The topological polar surface area (TPSA) is 49.8 Å². The Morgan fingerprint density at radius 1 is 1.20 bits per heavy atom. The Bertz CT molecular complexity index is 706. The smallest absolute Gasteiger partial charge is 0.222 e. The number of likely N-dealkylation sites (tertiary alicyclic amines) is 2. The molecule has 0 saturated carbocycles. The van der Waals surface area contributed by atoms with Gasteiger partial charge in [0.1, 0.15) is 17.3 Å².